The minimum atomic E-state index is -0.175. The van der Waals surface area contributed by atoms with E-state index in [-0.39, 0.29) is 6.03 Å². The third-order valence-electron chi connectivity index (χ3n) is 3.78. The molecule has 2 aromatic rings. The second-order valence-corrected chi connectivity index (χ2v) is 6.09. The maximum atomic E-state index is 12.1. The largest absolute Gasteiger partial charge is 0.494 e. The zero-order chi connectivity index (χ0) is 17.4. The number of hydrogen-bond donors (Lipinski definition) is 2. The molecule has 0 spiro atoms. The molecule has 2 aromatic carbocycles. The van der Waals surface area contributed by atoms with Gasteiger partial charge in [0.05, 0.1) is 6.61 Å². The first kappa shape index (κ1) is 17.9. The fourth-order valence-electron chi connectivity index (χ4n) is 2.48. The molecule has 0 saturated carbocycles. The molecule has 2 amide bonds. The highest BCUT2D eigenvalue weighted by molar-refractivity contribution is 5.91. The lowest BCUT2D eigenvalue weighted by atomic mass is 9.98. The zero-order valence-electron chi connectivity index (χ0n) is 14.6. The van der Waals surface area contributed by atoms with Gasteiger partial charge in [0, 0.05) is 12.2 Å². The SMILES string of the molecule is Cc1cccc(C(C)C)c1NC(=O)NCCCOc1ccccc1. The Labute approximate surface area is 144 Å². The minimum absolute atomic E-state index is 0.175. The summed E-state index contributed by atoms with van der Waals surface area (Å²) in [6.45, 7) is 7.40. The van der Waals surface area contributed by atoms with Crippen LogP contribution in [0.2, 0.25) is 0 Å². The Morgan fingerprint density at radius 2 is 1.83 bits per heavy atom. The van der Waals surface area contributed by atoms with Gasteiger partial charge in [0.1, 0.15) is 5.75 Å². The number of nitrogens with one attached hydrogen (secondary N) is 2. The number of anilines is 1. The minimum Gasteiger partial charge on any atom is -0.494 e. The Balaban J connectivity index is 1.76. The Kier molecular flexibility index (Phi) is 6.67. The van der Waals surface area contributed by atoms with Crippen LogP contribution in [0.15, 0.2) is 48.5 Å². The molecule has 0 unspecified atom stereocenters. The number of hydrogen-bond acceptors (Lipinski definition) is 2. The maximum absolute atomic E-state index is 12.1. The van der Waals surface area contributed by atoms with E-state index in [1.807, 2.05) is 49.4 Å². The summed E-state index contributed by atoms with van der Waals surface area (Å²) in [5.74, 6) is 1.21. The Bertz CT molecular complexity index is 654. The van der Waals surface area contributed by atoms with Crippen LogP contribution in [0.1, 0.15) is 37.3 Å². The van der Waals surface area contributed by atoms with E-state index >= 15 is 0 Å². The van der Waals surface area contributed by atoms with Gasteiger partial charge in [-0.2, -0.15) is 0 Å². The van der Waals surface area contributed by atoms with Gasteiger partial charge in [-0.1, -0.05) is 50.2 Å². The van der Waals surface area contributed by atoms with Crippen LogP contribution in [0.5, 0.6) is 5.75 Å². The number of aryl methyl sites for hydroxylation is 1. The maximum Gasteiger partial charge on any atom is 0.319 e. The smallest absolute Gasteiger partial charge is 0.319 e. The standard InChI is InChI=1S/C20H26N2O2/c1-15(2)18-12-7-9-16(3)19(18)22-20(23)21-13-8-14-24-17-10-5-4-6-11-17/h4-7,9-12,15H,8,13-14H2,1-3H3,(H2,21,22,23). The van der Waals surface area contributed by atoms with Gasteiger partial charge in [-0.05, 0) is 42.5 Å². The van der Waals surface area contributed by atoms with Crippen molar-refractivity contribution in [1.82, 2.24) is 5.32 Å². The number of carbonyl (C=O) groups excluding carboxylic acids is 1. The fourth-order valence-corrected chi connectivity index (χ4v) is 2.48. The molecule has 2 rings (SSSR count). The van der Waals surface area contributed by atoms with Crippen LogP contribution in [0.25, 0.3) is 0 Å². The van der Waals surface area contributed by atoms with E-state index in [0.717, 1.165) is 29.0 Å². The highest BCUT2D eigenvalue weighted by Gasteiger charge is 2.11. The van der Waals surface area contributed by atoms with Crippen molar-refractivity contribution >= 4 is 11.7 Å². The lowest BCUT2D eigenvalue weighted by Crippen LogP contribution is -2.31. The van der Waals surface area contributed by atoms with Crippen LogP contribution < -0.4 is 15.4 Å². The van der Waals surface area contributed by atoms with Crippen LogP contribution in [0.3, 0.4) is 0 Å². The average molecular weight is 326 g/mol. The summed E-state index contributed by atoms with van der Waals surface area (Å²) in [6, 6.07) is 15.6. The van der Waals surface area contributed by atoms with Gasteiger partial charge in [0.2, 0.25) is 0 Å². The molecule has 24 heavy (non-hydrogen) atoms. The molecule has 0 heterocycles. The summed E-state index contributed by atoms with van der Waals surface area (Å²) >= 11 is 0. The van der Waals surface area contributed by atoms with Crippen LogP contribution in [-0.4, -0.2) is 19.2 Å². The van der Waals surface area contributed by atoms with Gasteiger partial charge >= 0.3 is 6.03 Å². The normalized spacial score (nSPS) is 10.5. The summed E-state index contributed by atoms with van der Waals surface area (Å²) in [5, 5.41) is 5.86. The van der Waals surface area contributed by atoms with Crippen LogP contribution >= 0.6 is 0 Å². The molecule has 0 aliphatic rings. The van der Waals surface area contributed by atoms with E-state index in [4.69, 9.17) is 4.74 Å². The second-order valence-electron chi connectivity index (χ2n) is 6.09. The van der Waals surface area contributed by atoms with Gasteiger partial charge in [-0.3, -0.25) is 0 Å². The number of amides is 2. The number of ether oxygens (including phenoxy) is 1. The third kappa shape index (κ3) is 5.30. The summed E-state index contributed by atoms with van der Waals surface area (Å²) in [6.07, 6.45) is 0.757. The zero-order valence-corrected chi connectivity index (χ0v) is 14.6. The van der Waals surface area contributed by atoms with Crippen LogP contribution in [0, 0.1) is 6.92 Å². The molecule has 0 aromatic heterocycles. The Morgan fingerprint density at radius 3 is 2.54 bits per heavy atom. The summed E-state index contributed by atoms with van der Waals surface area (Å²) in [5.41, 5.74) is 3.13. The number of para-hydroxylation sites is 2. The predicted octanol–water partition coefficient (Wildman–Crippen LogP) is 4.71. The number of benzene rings is 2. The third-order valence-corrected chi connectivity index (χ3v) is 3.78. The van der Waals surface area contributed by atoms with Crippen molar-refractivity contribution in [3.8, 4) is 5.75 Å². The van der Waals surface area contributed by atoms with Crippen LogP contribution in [-0.2, 0) is 0 Å². The van der Waals surface area contributed by atoms with Crippen molar-refractivity contribution in [2.45, 2.75) is 33.1 Å². The predicted molar refractivity (Wildman–Crippen MR) is 98.8 cm³/mol. The van der Waals surface area contributed by atoms with Crippen molar-refractivity contribution in [3.05, 3.63) is 59.7 Å². The quantitative estimate of drug-likeness (QED) is 0.724. The number of urea groups is 1. The molecule has 4 nitrogen and oxygen atoms in total. The van der Waals surface area contributed by atoms with E-state index in [0.29, 0.717) is 19.1 Å². The highest BCUT2D eigenvalue weighted by atomic mass is 16.5. The monoisotopic (exact) mass is 326 g/mol. The molecule has 2 N–H and O–H groups in total. The van der Waals surface area contributed by atoms with E-state index in [9.17, 15) is 4.79 Å². The topological polar surface area (TPSA) is 50.4 Å². The molecule has 0 radical (unpaired) electrons. The molecule has 0 bridgehead atoms. The molecule has 4 heteroatoms. The van der Waals surface area contributed by atoms with Gasteiger partial charge < -0.3 is 15.4 Å². The second kappa shape index (κ2) is 8.96. The van der Waals surface area contributed by atoms with Gasteiger partial charge in [-0.15, -0.1) is 0 Å². The first-order valence-electron chi connectivity index (χ1n) is 8.40. The first-order valence-corrected chi connectivity index (χ1v) is 8.40. The molecule has 0 fully saturated rings. The van der Waals surface area contributed by atoms with E-state index in [1.165, 1.54) is 0 Å². The van der Waals surface area contributed by atoms with Crippen molar-refractivity contribution in [3.63, 3.8) is 0 Å². The molecule has 128 valence electrons. The number of carbonyl (C=O) groups is 1. The van der Waals surface area contributed by atoms with E-state index < -0.39 is 0 Å². The molecular weight excluding hydrogens is 300 g/mol. The lowest BCUT2D eigenvalue weighted by Gasteiger charge is -2.16. The number of rotatable bonds is 7. The summed E-state index contributed by atoms with van der Waals surface area (Å²) in [4.78, 5) is 12.1. The lowest BCUT2D eigenvalue weighted by molar-refractivity contribution is 0.250. The van der Waals surface area contributed by atoms with E-state index in [2.05, 4.69) is 30.5 Å². The molecular formula is C20H26N2O2. The van der Waals surface area contributed by atoms with Gasteiger partial charge in [-0.25, -0.2) is 4.79 Å². The Hall–Kier alpha value is -2.49. The highest BCUT2D eigenvalue weighted by Crippen LogP contribution is 2.27. The fraction of sp³-hybridized carbons (Fsp3) is 0.350. The summed E-state index contributed by atoms with van der Waals surface area (Å²) < 4.78 is 5.60. The Morgan fingerprint density at radius 1 is 1.08 bits per heavy atom. The van der Waals surface area contributed by atoms with Gasteiger partial charge in [0.15, 0.2) is 0 Å². The van der Waals surface area contributed by atoms with Crippen LogP contribution in [0.4, 0.5) is 10.5 Å². The van der Waals surface area contributed by atoms with Crippen molar-refractivity contribution in [2.75, 3.05) is 18.5 Å². The van der Waals surface area contributed by atoms with Crippen molar-refractivity contribution in [2.24, 2.45) is 0 Å². The molecule has 0 saturated heterocycles. The van der Waals surface area contributed by atoms with E-state index in [1.54, 1.807) is 0 Å². The first-order chi connectivity index (χ1) is 11.6. The van der Waals surface area contributed by atoms with Gasteiger partial charge in [0.25, 0.3) is 0 Å². The average Bonchev–Trinajstić information content (AvgIpc) is 2.57. The summed E-state index contributed by atoms with van der Waals surface area (Å²) in [7, 11) is 0. The molecule has 0 aliphatic heterocycles. The van der Waals surface area contributed by atoms with Crippen molar-refractivity contribution in [1.29, 1.82) is 0 Å². The molecule has 0 atom stereocenters. The van der Waals surface area contributed by atoms with Crippen molar-refractivity contribution < 1.29 is 9.53 Å². The molecule has 0 aliphatic carbocycles.